The predicted molar refractivity (Wildman–Crippen MR) is 76.8 cm³/mol. The lowest BCUT2D eigenvalue weighted by molar-refractivity contribution is -0.139. The summed E-state index contributed by atoms with van der Waals surface area (Å²) in [6.07, 6.45) is 2.72. The average Bonchev–Trinajstić information content (AvgIpc) is 2.46. The molecule has 2 aliphatic rings. The number of fused-ring (bicyclic) bond motifs is 1. The minimum Gasteiger partial charge on any atom is -0.381 e. The lowest BCUT2D eigenvalue weighted by Gasteiger charge is -2.33. The minimum absolute atomic E-state index is 0.169. The fourth-order valence-electron chi connectivity index (χ4n) is 2.92. The molecule has 3 nitrogen and oxygen atoms in total. The van der Waals surface area contributed by atoms with E-state index in [-0.39, 0.29) is 5.92 Å². The Bertz CT molecular complexity index is 483. The molecule has 0 aromatic heterocycles. The van der Waals surface area contributed by atoms with Crippen molar-refractivity contribution in [3.8, 4) is 0 Å². The monoisotopic (exact) mass is 323 g/mol. The number of ether oxygens (including phenoxy) is 1. The highest BCUT2D eigenvalue weighted by molar-refractivity contribution is 9.10. The van der Waals surface area contributed by atoms with Gasteiger partial charge in [-0.15, -0.1) is 0 Å². The Balaban J connectivity index is 1.72. The topological polar surface area (TPSA) is 29.5 Å². The summed E-state index contributed by atoms with van der Waals surface area (Å²) in [5.41, 5.74) is 2.65. The summed E-state index contributed by atoms with van der Waals surface area (Å²) in [5, 5.41) is 0. The molecule has 0 saturated carbocycles. The van der Waals surface area contributed by atoms with Gasteiger partial charge in [-0.1, -0.05) is 22.0 Å². The van der Waals surface area contributed by atoms with Gasteiger partial charge in [-0.05, 0) is 42.5 Å². The van der Waals surface area contributed by atoms with Crippen LogP contribution < -0.4 is 0 Å². The van der Waals surface area contributed by atoms with Gasteiger partial charge in [0, 0.05) is 36.7 Å². The third-order valence-electron chi connectivity index (χ3n) is 4.06. The summed E-state index contributed by atoms with van der Waals surface area (Å²) in [6, 6.07) is 6.38. The van der Waals surface area contributed by atoms with E-state index in [9.17, 15) is 4.79 Å². The zero-order chi connectivity index (χ0) is 13.2. The highest BCUT2D eigenvalue weighted by Crippen LogP contribution is 2.25. The van der Waals surface area contributed by atoms with E-state index in [1.165, 1.54) is 11.1 Å². The van der Waals surface area contributed by atoms with Crippen molar-refractivity contribution in [1.29, 1.82) is 0 Å². The summed E-state index contributed by atoms with van der Waals surface area (Å²) in [5.74, 6) is 0.483. The maximum atomic E-state index is 12.5. The maximum absolute atomic E-state index is 12.5. The van der Waals surface area contributed by atoms with Crippen molar-refractivity contribution < 1.29 is 9.53 Å². The molecular weight excluding hydrogens is 306 g/mol. The highest BCUT2D eigenvalue weighted by atomic mass is 79.9. The summed E-state index contributed by atoms with van der Waals surface area (Å²) in [4.78, 5) is 14.5. The molecule has 19 heavy (non-hydrogen) atoms. The van der Waals surface area contributed by atoms with Crippen LogP contribution in [0.3, 0.4) is 0 Å². The van der Waals surface area contributed by atoms with Crippen molar-refractivity contribution in [3.63, 3.8) is 0 Å². The number of halogens is 1. The van der Waals surface area contributed by atoms with Crippen molar-refractivity contribution in [2.45, 2.75) is 25.8 Å². The van der Waals surface area contributed by atoms with Gasteiger partial charge in [-0.3, -0.25) is 4.79 Å². The zero-order valence-corrected chi connectivity index (χ0v) is 12.5. The van der Waals surface area contributed by atoms with Crippen LogP contribution in [0.4, 0.5) is 0 Å². The fourth-order valence-corrected chi connectivity index (χ4v) is 3.33. The van der Waals surface area contributed by atoms with Gasteiger partial charge in [0.1, 0.15) is 0 Å². The van der Waals surface area contributed by atoms with Crippen molar-refractivity contribution >= 4 is 21.8 Å². The van der Waals surface area contributed by atoms with Gasteiger partial charge < -0.3 is 9.64 Å². The lowest BCUT2D eigenvalue weighted by Crippen LogP contribution is -2.41. The number of hydrogen-bond acceptors (Lipinski definition) is 2. The molecule has 102 valence electrons. The Morgan fingerprint density at radius 1 is 1.26 bits per heavy atom. The molecule has 1 saturated heterocycles. The molecule has 1 aromatic rings. The number of carbonyl (C=O) groups is 1. The molecule has 2 aliphatic heterocycles. The van der Waals surface area contributed by atoms with Crippen LogP contribution in [0.1, 0.15) is 24.0 Å². The van der Waals surface area contributed by atoms with Crippen molar-refractivity contribution in [2.75, 3.05) is 19.8 Å². The molecule has 0 N–H and O–H groups in total. The Kier molecular flexibility index (Phi) is 3.89. The first-order chi connectivity index (χ1) is 9.24. The molecule has 0 spiro atoms. The molecule has 0 atom stereocenters. The van der Waals surface area contributed by atoms with Crippen LogP contribution in [0.5, 0.6) is 0 Å². The van der Waals surface area contributed by atoms with Crippen molar-refractivity contribution in [2.24, 2.45) is 5.92 Å². The molecule has 1 fully saturated rings. The van der Waals surface area contributed by atoms with E-state index in [1.54, 1.807) is 0 Å². The van der Waals surface area contributed by atoms with Gasteiger partial charge in [0.15, 0.2) is 0 Å². The second kappa shape index (κ2) is 5.63. The molecule has 1 aromatic carbocycles. The van der Waals surface area contributed by atoms with Crippen LogP contribution in [-0.2, 0) is 22.5 Å². The van der Waals surface area contributed by atoms with Crippen LogP contribution in [0.15, 0.2) is 22.7 Å². The van der Waals surface area contributed by atoms with Gasteiger partial charge in [0.2, 0.25) is 5.91 Å². The van der Waals surface area contributed by atoms with Crippen LogP contribution in [0, 0.1) is 5.92 Å². The number of hydrogen-bond donors (Lipinski definition) is 0. The Labute approximate surface area is 122 Å². The van der Waals surface area contributed by atoms with Crippen molar-refractivity contribution in [1.82, 2.24) is 4.90 Å². The largest absolute Gasteiger partial charge is 0.381 e. The number of benzene rings is 1. The van der Waals surface area contributed by atoms with E-state index in [4.69, 9.17) is 4.74 Å². The molecule has 3 rings (SSSR count). The number of amides is 1. The summed E-state index contributed by atoms with van der Waals surface area (Å²) < 4.78 is 6.42. The summed E-state index contributed by atoms with van der Waals surface area (Å²) >= 11 is 3.50. The predicted octanol–water partition coefficient (Wildman–Crippen LogP) is 2.76. The van der Waals surface area contributed by atoms with Crippen molar-refractivity contribution in [3.05, 3.63) is 33.8 Å². The standard InChI is InChI=1S/C15H18BrNO2/c16-14-2-1-11-3-6-17(10-13(11)9-14)15(18)12-4-7-19-8-5-12/h1-2,9,12H,3-8,10H2. The third-order valence-corrected chi connectivity index (χ3v) is 4.56. The van der Waals surface area contributed by atoms with Crippen LogP contribution in [-0.4, -0.2) is 30.6 Å². The first-order valence-corrected chi connectivity index (χ1v) is 7.67. The fraction of sp³-hybridized carbons (Fsp3) is 0.533. The highest BCUT2D eigenvalue weighted by Gasteiger charge is 2.28. The molecule has 4 heteroatoms. The molecule has 2 heterocycles. The quantitative estimate of drug-likeness (QED) is 0.795. The first-order valence-electron chi connectivity index (χ1n) is 6.88. The molecule has 0 radical (unpaired) electrons. The van der Waals surface area contributed by atoms with Crippen LogP contribution in [0.25, 0.3) is 0 Å². The van der Waals surface area contributed by atoms with Gasteiger partial charge in [0.05, 0.1) is 0 Å². The first kappa shape index (κ1) is 13.1. The van der Waals surface area contributed by atoms with Gasteiger partial charge in [-0.2, -0.15) is 0 Å². The number of nitrogens with zero attached hydrogens (tertiary/aromatic N) is 1. The van der Waals surface area contributed by atoms with E-state index in [0.717, 1.165) is 50.0 Å². The lowest BCUT2D eigenvalue weighted by atomic mass is 9.95. The average molecular weight is 324 g/mol. The minimum atomic E-state index is 0.169. The Morgan fingerprint density at radius 3 is 2.84 bits per heavy atom. The Morgan fingerprint density at radius 2 is 2.05 bits per heavy atom. The van der Waals surface area contributed by atoms with Crippen LogP contribution in [0.2, 0.25) is 0 Å². The van der Waals surface area contributed by atoms with Gasteiger partial charge in [-0.25, -0.2) is 0 Å². The Hall–Kier alpha value is -0.870. The summed E-state index contributed by atoms with van der Waals surface area (Å²) in [6.45, 7) is 3.06. The molecule has 0 bridgehead atoms. The number of rotatable bonds is 1. The third kappa shape index (κ3) is 2.84. The normalized spacial score (nSPS) is 20.2. The van der Waals surface area contributed by atoms with Gasteiger partial charge >= 0.3 is 0 Å². The molecular formula is C15H18BrNO2. The number of carbonyl (C=O) groups excluding carboxylic acids is 1. The smallest absolute Gasteiger partial charge is 0.226 e. The van der Waals surface area contributed by atoms with E-state index in [1.807, 2.05) is 4.90 Å². The van der Waals surface area contributed by atoms with Crippen LogP contribution >= 0.6 is 15.9 Å². The van der Waals surface area contributed by atoms with E-state index in [0.29, 0.717) is 5.91 Å². The SMILES string of the molecule is O=C(C1CCOCC1)N1CCc2ccc(Br)cc2C1. The molecule has 1 amide bonds. The summed E-state index contributed by atoms with van der Waals surface area (Å²) in [7, 11) is 0. The molecule has 0 unspecified atom stereocenters. The van der Waals surface area contributed by atoms with E-state index in [2.05, 4.69) is 34.1 Å². The molecule has 0 aliphatic carbocycles. The maximum Gasteiger partial charge on any atom is 0.226 e. The van der Waals surface area contributed by atoms with E-state index < -0.39 is 0 Å². The zero-order valence-electron chi connectivity index (χ0n) is 10.9. The van der Waals surface area contributed by atoms with Gasteiger partial charge in [0.25, 0.3) is 0 Å². The second-order valence-corrected chi connectivity index (χ2v) is 6.23. The second-order valence-electron chi connectivity index (χ2n) is 5.31. The van der Waals surface area contributed by atoms with E-state index >= 15 is 0 Å².